The summed E-state index contributed by atoms with van der Waals surface area (Å²) in [6.07, 6.45) is 4.25. The van der Waals surface area contributed by atoms with Gasteiger partial charge < -0.3 is 9.84 Å². The minimum absolute atomic E-state index is 0.0625. The Morgan fingerprint density at radius 2 is 2.00 bits per heavy atom. The van der Waals surface area contributed by atoms with Crippen molar-refractivity contribution >= 4 is 5.78 Å². The fourth-order valence-corrected chi connectivity index (χ4v) is 1.74. The van der Waals surface area contributed by atoms with Gasteiger partial charge in [0, 0.05) is 6.61 Å². The Morgan fingerprint density at radius 3 is 2.54 bits per heavy atom. The lowest BCUT2D eigenvalue weighted by Gasteiger charge is -2.30. The monoisotopic (exact) mass is 186 g/mol. The standard InChI is InChI=1S/C10H18O3/c1-2-13-8-9(11)10(12)6-4-3-5-7-10/h12H,2-8H2,1H3. The Labute approximate surface area is 79.1 Å². The molecule has 1 aliphatic carbocycles. The summed E-state index contributed by atoms with van der Waals surface area (Å²) in [5, 5.41) is 9.94. The van der Waals surface area contributed by atoms with Crippen LogP contribution in [0.3, 0.4) is 0 Å². The smallest absolute Gasteiger partial charge is 0.189 e. The van der Waals surface area contributed by atoms with Gasteiger partial charge in [-0.15, -0.1) is 0 Å². The summed E-state index contributed by atoms with van der Waals surface area (Å²) in [6, 6.07) is 0. The zero-order valence-corrected chi connectivity index (χ0v) is 8.21. The number of hydrogen-bond donors (Lipinski definition) is 1. The van der Waals surface area contributed by atoms with Crippen molar-refractivity contribution in [3.8, 4) is 0 Å². The molecule has 0 aromatic rings. The Hall–Kier alpha value is -0.410. The van der Waals surface area contributed by atoms with Crippen molar-refractivity contribution in [3.63, 3.8) is 0 Å². The van der Waals surface area contributed by atoms with Crippen LogP contribution in [0.15, 0.2) is 0 Å². The average molecular weight is 186 g/mol. The van der Waals surface area contributed by atoms with Gasteiger partial charge in [0.05, 0.1) is 0 Å². The van der Waals surface area contributed by atoms with Crippen LogP contribution in [-0.2, 0) is 9.53 Å². The zero-order chi connectivity index (χ0) is 9.73. The third kappa shape index (κ3) is 2.78. The number of hydrogen-bond acceptors (Lipinski definition) is 3. The normalized spacial score (nSPS) is 21.4. The molecule has 1 aliphatic rings. The van der Waals surface area contributed by atoms with Crippen LogP contribution in [0.4, 0.5) is 0 Å². The quantitative estimate of drug-likeness (QED) is 0.719. The summed E-state index contributed by atoms with van der Waals surface area (Å²) >= 11 is 0. The van der Waals surface area contributed by atoms with Crippen LogP contribution in [-0.4, -0.2) is 29.7 Å². The molecule has 3 heteroatoms. The maximum atomic E-state index is 11.5. The molecule has 3 nitrogen and oxygen atoms in total. The first-order valence-corrected chi connectivity index (χ1v) is 5.02. The lowest BCUT2D eigenvalue weighted by Crippen LogP contribution is -2.42. The van der Waals surface area contributed by atoms with Crippen molar-refractivity contribution in [1.82, 2.24) is 0 Å². The fourth-order valence-electron chi connectivity index (χ4n) is 1.74. The van der Waals surface area contributed by atoms with Crippen LogP contribution in [0.25, 0.3) is 0 Å². The molecule has 0 aromatic carbocycles. The van der Waals surface area contributed by atoms with Crippen molar-refractivity contribution < 1.29 is 14.6 Å². The van der Waals surface area contributed by atoms with Gasteiger partial charge >= 0.3 is 0 Å². The topological polar surface area (TPSA) is 46.5 Å². The van der Waals surface area contributed by atoms with Gasteiger partial charge in [-0.05, 0) is 19.8 Å². The predicted molar refractivity (Wildman–Crippen MR) is 49.5 cm³/mol. The van der Waals surface area contributed by atoms with E-state index in [0.717, 1.165) is 19.3 Å². The molecule has 0 atom stereocenters. The molecule has 0 amide bonds. The van der Waals surface area contributed by atoms with E-state index < -0.39 is 5.60 Å². The molecular formula is C10H18O3. The maximum Gasteiger partial charge on any atom is 0.189 e. The van der Waals surface area contributed by atoms with E-state index >= 15 is 0 Å². The van der Waals surface area contributed by atoms with Crippen LogP contribution < -0.4 is 0 Å². The van der Waals surface area contributed by atoms with Crippen LogP contribution >= 0.6 is 0 Å². The molecule has 0 spiro atoms. The molecule has 1 fully saturated rings. The lowest BCUT2D eigenvalue weighted by molar-refractivity contribution is -0.145. The molecule has 0 bridgehead atoms. The van der Waals surface area contributed by atoms with Crippen molar-refractivity contribution in [2.24, 2.45) is 0 Å². The van der Waals surface area contributed by atoms with E-state index in [-0.39, 0.29) is 12.4 Å². The van der Waals surface area contributed by atoms with E-state index in [9.17, 15) is 9.90 Å². The highest BCUT2D eigenvalue weighted by atomic mass is 16.5. The summed E-state index contributed by atoms with van der Waals surface area (Å²) in [5.74, 6) is -0.144. The molecule has 0 radical (unpaired) electrons. The molecule has 0 aromatic heterocycles. The van der Waals surface area contributed by atoms with Crippen LogP contribution in [0, 0.1) is 0 Å². The van der Waals surface area contributed by atoms with Gasteiger partial charge in [0.15, 0.2) is 5.78 Å². The van der Waals surface area contributed by atoms with E-state index in [0.29, 0.717) is 19.4 Å². The first-order valence-electron chi connectivity index (χ1n) is 5.02. The number of ketones is 1. The highest BCUT2D eigenvalue weighted by molar-refractivity contribution is 5.88. The number of rotatable bonds is 4. The Balaban J connectivity index is 2.42. The number of carbonyl (C=O) groups is 1. The number of ether oxygens (including phenoxy) is 1. The summed E-state index contributed by atoms with van der Waals surface area (Å²) in [5.41, 5.74) is -1.08. The number of carbonyl (C=O) groups excluding carboxylic acids is 1. The molecule has 76 valence electrons. The summed E-state index contributed by atoms with van der Waals surface area (Å²) in [6.45, 7) is 2.44. The van der Waals surface area contributed by atoms with Crippen molar-refractivity contribution in [3.05, 3.63) is 0 Å². The van der Waals surface area contributed by atoms with E-state index in [4.69, 9.17) is 4.74 Å². The highest BCUT2D eigenvalue weighted by Gasteiger charge is 2.36. The van der Waals surface area contributed by atoms with Gasteiger partial charge in [-0.3, -0.25) is 4.79 Å². The summed E-state index contributed by atoms with van der Waals surface area (Å²) in [4.78, 5) is 11.5. The first kappa shape index (κ1) is 10.7. The number of aliphatic hydroxyl groups is 1. The Morgan fingerprint density at radius 1 is 1.38 bits per heavy atom. The van der Waals surface area contributed by atoms with Crippen molar-refractivity contribution in [2.75, 3.05) is 13.2 Å². The molecule has 1 N–H and O–H groups in total. The number of Topliss-reactive ketones (excluding diaryl/α,β-unsaturated/α-hetero) is 1. The SMILES string of the molecule is CCOCC(=O)C1(O)CCCCC1. The third-order valence-electron chi connectivity index (χ3n) is 2.64. The molecule has 0 heterocycles. The van der Waals surface area contributed by atoms with E-state index in [1.807, 2.05) is 6.92 Å². The van der Waals surface area contributed by atoms with Crippen molar-refractivity contribution in [2.45, 2.75) is 44.6 Å². The Kier molecular flexibility index (Phi) is 3.88. The summed E-state index contributed by atoms with van der Waals surface area (Å²) < 4.78 is 5.00. The van der Waals surface area contributed by atoms with E-state index in [1.54, 1.807) is 0 Å². The maximum absolute atomic E-state index is 11.5. The molecule has 1 rings (SSSR count). The van der Waals surface area contributed by atoms with Crippen LogP contribution in [0.1, 0.15) is 39.0 Å². The molecule has 1 saturated carbocycles. The molecule has 0 saturated heterocycles. The van der Waals surface area contributed by atoms with E-state index in [1.165, 1.54) is 0 Å². The minimum Gasteiger partial charge on any atom is -0.382 e. The predicted octanol–water partition coefficient (Wildman–Crippen LogP) is 1.29. The van der Waals surface area contributed by atoms with Crippen molar-refractivity contribution in [1.29, 1.82) is 0 Å². The molecule has 13 heavy (non-hydrogen) atoms. The fraction of sp³-hybridized carbons (Fsp3) is 0.900. The lowest BCUT2D eigenvalue weighted by atomic mass is 9.82. The second-order valence-corrected chi connectivity index (χ2v) is 3.65. The molecule has 0 aliphatic heterocycles. The summed E-state index contributed by atoms with van der Waals surface area (Å²) in [7, 11) is 0. The molecule has 0 unspecified atom stereocenters. The van der Waals surface area contributed by atoms with Gasteiger partial charge in [0.25, 0.3) is 0 Å². The van der Waals surface area contributed by atoms with E-state index in [2.05, 4.69) is 0 Å². The average Bonchev–Trinajstić information content (AvgIpc) is 2.15. The van der Waals surface area contributed by atoms with Gasteiger partial charge in [0.1, 0.15) is 12.2 Å². The zero-order valence-electron chi connectivity index (χ0n) is 8.21. The Bertz CT molecular complexity index is 171. The second-order valence-electron chi connectivity index (χ2n) is 3.65. The van der Waals surface area contributed by atoms with Crippen LogP contribution in [0.2, 0.25) is 0 Å². The molecular weight excluding hydrogens is 168 g/mol. The van der Waals surface area contributed by atoms with Gasteiger partial charge in [-0.1, -0.05) is 19.3 Å². The highest BCUT2D eigenvalue weighted by Crippen LogP contribution is 2.28. The van der Waals surface area contributed by atoms with Gasteiger partial charge in [-0.2, -0.15) is 0 Å². The largest absolute Gasteiger partial charge is 0.382 e. The first-order chi connectivity index (χ1) is 6.19. The van der Waals surface area contributed by atoms with Gasteiger partial charge in [-0.25, -0.2) is 0 Å². The van der Waals surface area contributed by atoms with Crippen LogP contribution in [0.5, 0.6) is 0 Å². The third-order valence-corrected chi connectivity index (χ3v) is 2.64. The van der Waals surface area contributed by atoms with Gasteiger partial charge in [0.2, 0.25) is 0 Å². The minimum atomic E-state index is -1.08. The second kappa shape index (κ2) is 4.72.